The van der Waals surface area contributed by atoms with Gasteiger partial charge >= 0.3 is 0 Å². The maximum Gasteiger partial charge on any atom is 0.270 e. The van der Waals surface area contributed by atoms with Crippen molar-refractivity contribution in [2.75, 3.05) is 18.5 Å². The lowest BCUT2D eigenvalue weighted by Crippen LogP contribution is -2.12. The van der Waals surface area contributed by atoms with E-state index < -0.39 is 4.92 Å². The third-order valence-electron chi connectivity index (χ3n) is 3.75. The van der Waals surface area contributed by atoms with E-state index in [2.05, 4.69) is 15.5 Å². The Bertz CT molecular complexity index is 1040. The molecule has 0 radical (unpaired) electrons. The largest absolute Gasteiger partial charge is 0.490 e. The molecule has 0 unspecified atom stereocenters. The Morgan fingerprint density at radius 1 is 1.10 bits per heavy atom. The summed E-state index contributed by atoms with van der Waals surface area (Å²) in [5.41, 5.74) is 0.891. The average molecular weight is 414 g/mol. The molecule has 1 N–H and O–H groups in total. The minimum Gasteiger partial charge on any atom is -0.490 e. The topological polar surface area (TPSA) is 116 Å². The van der Waals surface area contributed by atoms with Crippen LogP contribution in [0.3, 0.4) is 0 Å². The third-order valence-corrected chi connectivity index (χ3v) is 4.64. The minimum atomic E-state index is -0.477. The van der Waals surface area contributed by atoms with Crippen LogP contribution in [0.25, 0.3) is 10.6 Å². The number of aromatic nitrogens is 2. The van der Waals surface area contributed by atoms with Crippen molar-refractivity contribution in [3.05, 3.63) is 58.1 Å². The monoisotopic (exact) mass is 414 g/mol. The number of hydrogen-bond donors (Lipinski definition) is 1. The van der Waals surface area contributed by atoms with Crippen molar-refractivity contribution >= 4 is 28.1 Å². The van der Waals surface area contributed by atoms with Crippen LogP contribution in [-0.2, 0) is 0 Å². The Hall–Kier alpha value is -3.53. The number of amides is 1. The van der Waals surface area contributed by atoms with Crippen molar-refractivity contribution in [3.63, 3.8) is 0 Å². The second-order valence-electron chi connectivity index (χ2n) is 5.70. The molecule has 1 heterocycles. The molecule has 29 heavy (non-hydrogen) atoms. The molecule has 0 atom stereocenters. The fraction of sp³-hybridized carbons (Fsp3) is 0.211. The lowest BCUT2D eigenvalue weighted by molar-refractivity contribution is -0.384. The number of benzene rings is 2. The molecule has 0 saturated heterocycles. The van der Waals surface area contributed by atoms with Crippen LogP contribution >= 0.6 is 11.3 Å². The van der Waals surface area contributed by atoms with Crippen molar-refractivity contribution in [2.45, 2.75) is 13.8 Å². The van der Waals surface area contributed by atoms with Gasteiger partial charge in [-0.3, -0.25) is 20.2 Å². The number of nitro groups is 1. The summed E-state index contributed by atoms with van der Waals surface area (Å²) in [7, 11) is 0. The molecular formula is C19H18N4O5S. The van der Waals surface area contributed by atoms with Crippen molar-refractivity contribution in [2.24, 2.45) is 0 Å². The van der Waals surface area contributed by atoms with Gasteiger partial charge in [0.05, 0.1) is 18.1 Å². The van der Waals surface area contributed by atoms with Crippen LogP contribution in [0, 0.1) is 10.1 Å². The first-order valence-corrected chi connectivity index (χ1v) is 9.62. The Kier molecular flexibility index (Phi) is 6.35. The molecule has 0 saturated carbocycles. The molecule has 0 aliphatic carbocycles. The molecule has 0 aliphatic heterocycles. The highest BCUT2D eigenvalue weighted by atomic mass is 32.1. The number of carbonyl (C=O) groups excluding carboxylic acids is 1. The van der Waals surface area contributed by atoms with Crippen LogP contribution in [0.2, 0.25) is 0 Å². The van der Waals surface area contributed by atoms with Gasteiger partial charge in [-0.25, -0.2) is 0 Å². The molecule has 0 fully saturated rings. The number of carbonyl (C=O) groups is 1. The summed E-state index contributed by atoms with van der Waals surface area (Å²) in [4.78, 5) is 23.0. The van der Waals surface area contributed by atoms with E-state index in [9.17, 15) is 14.9 Å². The van der Waals surface area contributed by atoms with E-state index in [1.165, 1.54) is 12.1 Å². The summed E-state index contributed by atoms with van der Waals surface area (Å²) < 4.78 is 11.0. The standard InChI is InChI=1S/C19H18N4O5S/c1-3-27-15-9-8-12(11-16(15)28-4-2)17(24)20-19-22-21-18(29-19)13-6-5-7-14(10-13)23(25)26/h5-11H,3-4H2,1-2H3,(H,20,22,24). The molecule has 3 aromatic rings. The normalized spacial score (nSPS) is 10.4. The second-order valence-corrected chi connectivity index (χ2v) is 6.68. The van der Waals surface area contributed by atoms with E-state index in [1.54, 1.807) is 30.3 Å². The van der Waals surface area contributed by atoms with Crippen molar-refractivity contribution in [1.29, 1.82) is 0 Å². The van der Waals surface area contributed by atoms with E-state index in [0.29, 0.717) is 40.8 Å². The van der Waals surface area contributed by atoms with Crippen molar-refractivity contribution < 1.29 is 19.2 Å². The summed E-state index contributed by atoms with van der Waals surface area (Å²) in [6, 6.07) is 11.0. The van der Waals surface area contributed by atoms with E-state index in [1.807, 2.05) is 13.8 Å². The quantitative estimate of drug-likeness (QED) is 0.434. The molecule has 1 amide bonds. The molecule has 9 nitrogen and oxygen atoms in total. The molecule has 0 bridgehead atoms. The maximum absolute atomic E-state index is 12.6. The molecule has 150 valence electrons. The molecule has 3 rings (SSSR count). The first-order chi connectivity index (χ1) is 14.0. The molecule has 10 heteroatoms. The summed E-state index contributed by atoms with van der Waals surface area (Å²) in [6.07, 6.45) is 0. The number of nitrogens with zero attached hydrogens (tertiary/aromatic N) is 3. The lowest BCUT2D eigenvalue weighted by atomic mass is 10.2. The van der Waals surface area contributed by atoms with Gasteiger partial charge in [-0.2, -0.15) is 0 Å². The van der Waals surface area contributed by atoms with E-state index >= 15 is 0 Å². The van der Waals surface area contributed by atoms with E-state index in [4.69, 9.17) is 9.47 Å². The van der Waals surface area contributed by atoms with Crippen LogP contribution < -0.4 is 14.8 Å². The number of hydrogen-bond acceptors (Lipinski definition) is 8. The van der Waals surface area contributed by atoms with Crippen molar-refractivity contribution in [1.82, 2.24) is 10.2 Å². The first kappa shape index (κ1) is 20.2. The van der Waals surface area contributed by atoms with Crippen LogP contribution in [0.1, 0.15) is 24.2 Å². The average Bonchev–Trinajstić information content (AvgIpc) is 3.18. The van der Waals surface area contributed by atoms with Crippen LogP contribution in [0.15, 0.2) is 42.5 Å². The van der Waals surface area contributed by atoms with Crippen LogP contribution in [-0.4, -0.2) is 34.2 Å². The summed E-state index contributed by atoms with van der Waals surface area (Å²) in [5.74, 6) is 0.669. The van der Waals surface area contributed by atoms with Gasteiger partial charge in [-0.1, -0.05) is 23.5 Å². The summed E-state index contributed by atoms with van der Waals surface area (Å²) in [6.45, 7) is 4.63. The summed E-state index contributed by atoms with van der Waals surface area (Å²) in [5, 5.41) is 22.3. The second kappa shape index (κ2) is 9.11. The van der Waals surface area contributed by atoms with Gasteiger partial charge in [0.1, 0.15) is 5.01 Å². The zero-order valence-corrected chi connectivity index (χ0v) is 16.6. The molecular weight excluding hydrogens is 396 g/mol. The number of rotatable bonds is 8. The number of nitro benzene ring substituents is 1. The van der Waals surface area contributed by atoms with Crippen LogP contribution in [0.5, 0.6) is 11.5 Å². The predicted octanol–water partition coefficient (Wildman–Crippen LogP) is 4.16. The number of non-ortho nitro benzene ring substituents is 1. The van der Waals surface area contributed by atoms with Gasteiger partial charge in [0.2, 0.25) is 5.13 Å². The Labute approximate surface area is 170 Å². The van der Waals surface area contributed by atoms with Gasteiger partial charge in [0, 0.05) is 23.3 Å². The fourth-order valence-corrected chi connectivity index (χ4v) is 3.24. The predicted molar refractivity (Wildman–Crippen MR) is 109 cm³/mol. The zero-order chi connectivity index (χ0) is 20.8. The maximum atomic E-state index is 12.6. The van der Waals surface area contributed by atoms with E-state index in [-0.39, 0.29) is 16.7 Å². The summed E-state index contributed by atoms with van der Waals surface area (Å²) >= 11 is 1.12. The van der Waals surface area contributed by atoms with Gasteiger partial charge in [0.25, 0.3) is 11.6 Å². The van der Waals surface area contributed by atoms with Crippen molar-refractivity contribution in [3.8, 4) is 22.1 Å². The molecule has 0 spiro atoms. The smallest absolute Gasteiger partial charge is 0.270 e. The Balaban J connectivity index is 1.77. The van der Waals surface area contributed by atoms with Gasteiger partial charge < -0.3 is 9.47 Å². The number of ether oxygens (including phenoxy) is 2. The van der Waals surface area contributed by atoms with Gasteiger partial charge in [0.15, 0.2) is 11.5 Å². The SMILES string of the molecule is CCOc1ccc(C(=O)Nc2nnc(-c3cccc([N+](=O)[O-])c3)s2)cc1OCC. The van der Waals surface area contributed by atoms with Gasteiger partial charge in [-0.15, -0.1) is 10.2 Å². The fourth-order valence-electron chi connectivity index (χ4n) is 2.50. The number of nitrogens with one attached hydrogen (secondary N) is 1. The van der Waals surface area contributed by atoms with Gasteiger partial charge in [-0.05, 0) is 32.0 Å². The highest BCUT2D eigenvalue weighted by molar-refractivity contribution is 7.18. The number of anilines is 1. The highest BCUT2D eigenvalue weighted by Crippen LogP contribution is 2.31. The van der Waals surface area contributed by atoms with E-state index in [0.717, 1.165) is 11.3 Å². The lowest BCUT2D eigenvalue weighted by Gasteiger charge is -2.12. The Morgan fingerprint density at radius 3 is 2.59 bits per heavy atom. The first-order valence-electron chi connectivity index (χ1n) is 8.81. The Morgan fingerprint density at radius 2 is 1.86 bits per heavy atom. The highest BCUT2D eigenvalue weighted by Gasteiger charge is 2.15. The zero-order valence-electron chi connectivity index (χ0n) is 15.7. The molecule has 2 aromatic carbocycles. The van der Waals surface area contributed by atoms with Crippen LogP contribution in [0.4, 0.5) is 10.8 Å². The molecule has 0 aliphatic rings. The minimum absolute atomic E-state index is 0.0406. The molecule has 1 aromatic heterocycles. The third kappa shape index (κ3) is 4.85.